The molecule has 0 aromatic heterocycles. The van der Waals surface area contributed by atoms with Gasteiger partial charge in [0.05, 0.1) is 19.0 Å². The second kappa shape index (κ2) is 6.06. The van der Waals surface area contributed by atoms with E-state index in [1.807, 2.05) is 0 Å². The van der Waals surface area contributed by atoms with Crippen LogP contribution in [0.4, 0.5) is 0 Å². The second-order valence-electron chi connectivity index (χ2n) is 3.17. The summed E-state index contributed by atoms with van der Waals surface area (Å²) in [7, 11) is 0. The molecule has 12 heavy (non-hydrogen) atoms. The average molecular weight is 170 g/mol. The van der Waals surface area contributed by atoms with E-state index in [4.69, 9.17) is 9.47 Å². The molecular weight excluding hydrogens is 152 g/mol. The molecule has 0 aliphatic heterocycles. The van der Waals surface area contributed by atoms with Crippen molar-refractivity contribution in [1.29, 1.82) is 0 Å². The Balaban J connectivity index is 1.94. The van der Waals surface area contributed by atoms with E-state index >= 15 is 0 Å². The van der Waals surface area contributed by atoms with Crippen LogP contribution in [0.1, 0.15) is 32.1 Å². The van der Waals surface area contributed by atoms with E-state index < -0.39 is 0 Å². The monoisotopic (exact) mass is 170 g/mol. The summed E-state index contributed by atoms with van der Waals surface area (Å²) in [6.07, 6.45) is 8.45. The molecule has 0 heterocycles. The maximum absolute atomic E-state index is 5.61. The highest BCUT2D eigenvalue weighted by molar-refractivity contribution is 4.64. The molecule has 0 aromatic carbocycles. The SMILES string of the molecule is C=COCCOC1CCCCC1. The van der Waals surface area contributed by atoms with Crippen LogP contribution in [-0.2, 0) is 9.47 Å². The first-order valence-corrected chi connectivity index (χ1v) is 4.77. The molecule has 0 spiro atoms. The van der Waals surface area contributed by atoms with E-state index in [1.165, 1.54) is 38.4 Å². The van der Waals surface area contributed by atoms with Gasteiger partial charge in [0.15, 0.2) is 0 Å². The quantitative estimate of drug-likeness (QED) is 0.466. The van der Waals surface area contributed by atoms with Crippen molar-refractivity contribution in [3.05, 3.63) is 12.8 Å². The molecule has 1 saturated carbocycles. The lowest BCUT2D eigenvalue weighted by molar-refractivity contribution is 0.00614. The van der Waals surface area contributed by atoms with Crippen molar-refractivity contribution in [3.8, 4) is 0 Å². The van der Waals surface area contributed by atoms with Gasteiger partial charge in [0, 0.05) is 0 Å². The second-order valence-corrected chi connectivity index (χ2v) is 3.17. The summed E-state index contributed by atoms with van der Waals surface area (Å²) in [5, 5.41) is 0. The Morgan fingerprint density at radius 1 is 1.17 bits per heavy atom. The Morgan fingerprint density at radius 2 is 1.92 bits per heavy atom. The summed E-state index contributed by atoms with van der Waals surface area (Å²) in [6, 6.07) is 0. The van der Waals surface area contributed by atoms with Crippen molar-refractivity contribution in [3.63, 3.8) is 0 Å². The third kappa shape index (κ3) is 3.77. The van der Waals surface area contributed by atoms with Crippen molar-refractivity contribution in [2.75, 3.05) is 13.2 Å². The van der Waals surface area contributed by atoms with E-state index in [2.05, 4.69) is 6.58 Å². The molecule has 70 valence electrons. The van der Waals surface area contributed by atoms with Gasteiger partial charge in [-0.15, -0.1) is 0 Å². The third-order valence-electron chi connectivity index (χ3n) is 2.22. The average Bonchev–Trinajstić information content (AvgIpc) is 2.14. The van der Waals surface area contributed by atoms with Gasteiger partial charge in [-0.1, -0.05) is 25.8 Å². The van der Waals surface area contributed by atoms with Crippen LogP contribution in [0, 0.1) is 0 Å². The van der Waals surface area contributed by atoms with Gasteiger partial charge in [-0.2, -0.15) is 0 Å². The Labute approximate surface area is 74.6 Å². The van der Waals surface area contributed by atoms with Gasteiger partial charge < -0.3 is 9.47 Å². The molecule has 0 atom stereocenters. The van der Waals surface area contributed by atoms with Gasteiger partial charge in [0.1, 0.15) is 6.61 Å². The number of rotatable bonds is 5. The predicted octanol–water partition coefficient (Wildman–Crippen LogP) is 2.50. The fraction of sp³-hybridized carbons (Fsp3) is 0.800. The summed E-state index contributed by atoms with van der Waals surface area (Å²) in [4.78, 5) is 0. The van der Waals surface area contributed by atoms with Crippen molar-refractivity contribution in [2.45, 2.75) is 38.2 Å². The molecule has 1 rings (SSSR count). The first-order valence-electron chi connectivity index (χ1n) is 4.77. The molecule has 2 heteroatoms. The molecule has 0 aromatic rings. The van der Waals surface area contributed by atoms with Gasteiger partial charge in [-0.05, 0) is 12.8 Å². The predicted molar refractivity (Wildman–Crippen MR) is 49.0 cm³/mol. The normalized spacial score (nSPS) is 19.0. The molecule has 0 saturated heterocycles. The third-order valence-corrected chi connectivity index (χ3v) is 2.22. The van der Waals surface area contributed by atoms with Gasteiger partial charge >= 0.3 is 0 Å². The Kier molecular flexibility index (Phi) is 4.85. The maximum Gasteiger partial charge on any atom is 0.111 e. The summed E-state index contributed by atoms with van der Waals surface area (Å²) in [6.45, 7) is 4.81. The summed E-state index contributed by atoms with van der Waals surface area (Å²) >= 11 is 0. The summed E-state index contributed by atoms with van der Waals surface area (Å²) < 4.78 is 10.6. The molecule has 0 N–H and O–H groups in total. The van der Waals surface area contributed by atoms with Gasteiger partial charge in [-0.3, -0.25) is 0 Å². The molecule has 1 fully saturated rings. The minimum Gasteiger partial charge on any atom is -0.499 e. The molecular formula is C10H18O2. The first kappa shape index (κ1) is 9.59. The van der Waals surface area contributed by atoms with Crippen molar-refractivity contribution in [1.82, 2.24) is 0 Å². The zero-order valence-corrected chi connectivity index (χ0v) is 7.63. The van der Waals surface area contributed by atoms with Crippen LogP contribution >= 0.6 is 0 Å². The Morgan fingerprint density at radius 3 is 2.58 bits per heavy atom. The summed E-state index contributed by atoms with van der Waals surface area (Å²) in [5.74, 6) is 0. The van der Waals surface area contributed by atoms with Crippen LogP contribution in [0.3, 0.4) is 0 Å². The standard InChI is InChI=1S/C10H18O2/c1-2-11-8-9-12-10-6-4-3-5-7-10/h2,10H,1,3-9H2. The van der Waals surface area contributed by atoms with E-state index in [-0.39, 0.29) is 0 Å². The van der Waals surface area contributed by atoms with Gasteiger partial charge in [0.2, 0.25) is 0 Å². The fourth-order valence-corrected chi connectivity index (χ4v) is 1.58. The highest BCUT2D eigenvalue weighted by atomic mass is 16.5. The molecule has 1 aliphatic rings. The number of ether oxygens (including phenoxy) is 2. The van der Waals surface area contributed by atoms with Crippen LogP contribution in [0.5, 0.6) is 0 Å². The van der Waals surface area contributed by atoms with Crippen LogP contribution in [0.2, 0.25) is 0 Å². The lowest BCUT2D eigenvalue weighted by Crippen LogP contribution is -2.18. The lowest BCUT2D eigenvalue weighted by Gasteiger charge is -2.21. The smallest absolute Gasteiger partial charge is 0.111 e. The molecule has 0 bridgehead atoms. The zero-order chi connectivity index (χ0) is 8.65. The van der Waals surface area contributed by atoms with Gasteiger partial charge in [0.25, 0.3) is 0 Å². The number of hydrogen-bond acceptors (Lipinski definition) is 2. The Bertz CT molecular complexity index is 117. The zero-order valence-electron chi connectivity index (χ0n) is 7.63. The highest BCUT2D eigenvalue weighted by Gasteiger charge is 2.12. The van der Waals surface area contributed by atoms with E-state index in [9.17, 15) is 0 Å². The Hall–Kier alpha value is -0.500. The minimum absolute atomic E-state index is 0.493. The molecule has 0 amide bonds. The van der Waals surface area contributed by atoms with E-state index in [0.29, 0.717) is 19.3 Å². The first-order chi connectivity index (χ1) is 5.93. The molecule has 1 aliphatic carbocycles. The lowest BCUT2D eigenvalue weighted by atomic mass is 9.98. The fourth-order valence-electron chi connectivity index (χ4n) is 1.58. The number of hydrogen-bond donors (Lipinski definition) is 0. The molecule has 0 radical (unpaired) electrons. The van der Waals surface area contributed by atoms with Crippen LogP contribution < -0.4 is 0 Å². The topological polar surface area (TPSA) is 18.5 Å². The van der Waals surface area contributed by atoms with Crippen LogP contribution in [0.15, 0.2) is 12.8 Å². The van der Waals surface area contributed by atoms with E-state index in [1.54, 1.807) is 0 Å². The van der Waals surface area contributed by atoms with E-state index in [0.717, 1.165) is 0 Å². The van der Waals surface area contributed by atoms with Crippen molar-refractivity contribution < 1.29 is 9.47 Å². The molecule has 2 nitrogen and oxygen atoms in total. The summed E-state index contributed by atoms with van der Waals surface area (Å²) in [5.41, 5.74) is 0. The minimum atomic E-state index is 0.493. The maximum atomic E-state index is 5.61. The van der Waals surface area contributed by atoms with Crippen molar-refractivity contribution in [2.24, 2.45) is 0 Å². The largest absolute Gasteiger partial charge is 0.499 e. The van der Waals surface area contributed by atoms with Crippen molar-refractivity contribution >= 4 is 0 Å². The van der Waals surface area contributed by atoms with Crippen LogP contribution in [0.25, 0.3) is 0 Å². The van der Waals surface area contributed by atoms with Gasteiger partial charge in [-0.25, -0.2) is 0 Å². The molecule has 0 unspecified atom stereocenters. The van der Waals surface area contributed by atoms with Crippen LogP contribution in [-0.4, -0.2) is 19.3 Å². The highest BCUT2D eigenvalue weighted by Crippen LogP contribution is 2.19.